The molecule has 0 N–H and O–H groups in total. The van der Waals surface area contributed by atoms with Gasteiger partial charge in [0.1, 0.15) is 29.0 Å². The fourth-order valence-electron chi connectivity index (χ4n) is 1.86. The van der Waals surface area contributed by atoms with Gasteiger partial charge in [0, 0.05) is 24.6 Å². The topological polar surface area (TPSA) is 26.3 Å². The van der Waals surface area contributed by atoms with Crippen molar-refractivity contribution in [3.8, 4) is 5.75 Å². The van der Waals surface area contributed by atoms with Gasteiger partial charge in [-0.25, -0.2) is 17.6 Å². The Bertz CT molecular complexity index is 675. The van der Waals surface area contributed by atoms with Crippen LogP contribution in [0.25, 0.3) is 0 Å². The minimum Gasteiger partial charge on any atom is -0.497 e. The Balaban J connectivity index is 2.32. The number of methoxy groups -OCH3 is 1. The molecule has 0 aliphatic carbocycles. The van der Waals surface area contributed by atoms with Gasteiger partial charge in [0.25, 0.3) is 0 Å². The maximum Gasteiger partial charge on any atom is 0.173 e. The largest absolute Gasteiger partial charge is 0.497 e. The molecule has 0 aromatic heterocycles. The molecule has 2 rings (SSSR count). The van der Waals surface area contributed by atoms with E-state index in [1.165, 1.54) is 7.11 Å². The molecule has 0 unspecified atom stereocenters. The molecule has 0 fully saturated rings. The van der Waals surface area contributed by atoms with Crippen molar-refractivity contribution >= 4 is 5.78 Å². The van der Waals surface area contributed by atoms with Crippen LogP contribution in [0.4, 0.5) is 17.6 Å². The molecular weight excluding hydrogens is 288 g/mol. The lowest BCUT2D eigenvalue weighted by Gasteiger charge is -2.07. The molecule has 2 nitrogen and oxygen atoms in total. The van der Waals surface area contributed by atoms with E-state index in [1.807, 2.05) is 0 Å². The summed E-state index contributed by atoms with van der Waals surface area (Å²) in [6, 6.07) is 4.34. The third-order valence-corrected chi connectivity index (χ3v) is 2.90. The van der Waals surface area contributed by atoms with Crippen molar-refractivity contribution in [3.05, 3.63) is 64.7 Å². The minimum absolute atomic E-state index is 0.0745. The fourth-order valence-corrected chi connectivity index (χ4v) is 1.86. The number of ketones is 1. The van der Waals surface area contributed by atoms with Crippen molar-refractivity contribution in [2.24, 2.45) is 0 Å². The van der Waals surface area contributed by atoms with E-state index >= 15 is 0 Å². The molecule has 6 heteroatoms. The van der Waals surface area contributed by atoms with Crippen LogP contribution in [0.5, 0.6) is 5.75 Å². The van der Waals surface area contributed by atoms with E-state index in [0.29, 0.717) is 6.07 Å². The van der Waals surface area contributed by atoms with E-state index in [9.17, 15) is 22.4 Å². The monoisotopic (exact) mass is 298 g/mol. The number of carbonyl (C=O) groups is 1. The Morgan fingerprint density at radius 2 is 1.62 bits per heavy atom. The van der Waals surface area contributed by atoms with Gasteiger partial charge in [0.2, 0.25) is 0 Å². The van der Waals surface area contributed by atoms with Gasteiger partial charge >= 0.3 is 0 Å². The highest BCUT2D eigenvalue weighted by Crippen LogP contribution is 2.22. The lowest BCUT2D eigenvalue weighted by atomic mass is 10.0. The van der Waals surface area contributed by atoms with Gasteiger partial charge in [0.05, 0.1) is 12.7 Å². The highest BCUT2D eigenvalue weighted by atomic mass is 19.1. The van der Waals surface area contributed by atoms with Crippen molar-refractivity contribution in [3.63, 3.8) is 0 Å². The number of hydrogen-bond donors (Lipinski definition) is 0. The Morgan fingerprint density at radius 3 is 2.14 bits per heavy atom. The summed E-state index contributed by atoms with van der Waals surface area (Å²) in [6.07, 6.45) is -0.577. The Morgan fingerprint density at radius 1 is 1.00 bits per heavy atom. The summed E-state index contributed by atoms with van der Waals surface area (Å²) in [4.78, 5) is 11.9. The Hall–Kier alpha value is -2.37. The molecule has 0 saturated heterocycles. The first-order valence-electron chi connectivity index (χ1n) is 5.92. The summed E-state index contributed by atoms with van der Waals surface area (Å²) < 4.78 is 58.3. The minimum atomic E-state index is -1.10. The van der Waals surface area contributed by atoms with Crippen molar-refractivity contribution in [1.29, 1.82) is 0 Å². The first kappa shape index (κ1) is 15.0. The fraction of sp³-hybridized carbons (Fsp3) is 0.133. The van der Waals surface area contributed by atoms with Gasteiger partial charge in [-0.05, 0) is 11.6 Å². The number of hydrogen-bond acceptors (Lipinski definition) is 2. The van der Waals surface area contributed by atoms with E-state index in [4.69, 9.17) is 0 Å². The van der Waals surface area contributed by atoms with Gasteiger partial charge in [-0.3, -0.25) is 4.79 Å². The lowest BCUT2D eigenvalue weighted by Crippen LogP contribution is -2.10. The smallest absolute Gasteiger partial charge is 0.173 e. The number of Topliss-reactive ketones (excluding diaryl/α,β-unsaturated/α-hetero) is 1. The average Bonchev–Trinajstić information content (AvgIpc) is 2.41. The van der Waals surface area contributed by atoms with Crippen LogP contribution in [0.15, 0.2) is 30.3 Å². The van der Waals surface area contributed by atoms with Crippen LogP contribution in [0.3, 0.4) is 0 Å². The van der Waals surface area contributed by atoms with E-state index in [1.54, 1.807) is 0 Å². The van der Waals surface area contributed by atoms with Gasteiger partial charge in [-0.15, -0.1) is 0 Å². The lowest BCUT2D eigenvalue weighted by molar-refractivity contribution is 0.0983. The molecule has 0 saturated carbocycles. The van der Waals surface area contributed by atoms with E-state index in [-0.39, 0.29) is 11.3 Å². The van der Waals surface area contributed by atoms with Gasteiger partial charge in [-0.2, -0.15) is 0 Å². The zero-order chi connectivity index (χ0) is 15.6. The molecule has 0 radical (unpaired) electrons. The van der Waals surface area contributed by atoms with Crippen LogP contribution >= 0.6 is 0 Å². The molecule has 2 aromatic carbocycles. The molecule has 0 bridgehead atoms. The van der Waals surface area contributed by atoms with Crippen LogP contribution in [-0.2, 0) is 6.42 Å². The van der Waals surface area contributed by atoms with Crippen LogP contribution in [0.1, 0.15) is 15.9 Å². The predicted molar refractivity (Wildman–Crippen MR) is 67.3 cm³/mol. The first-order chi connectivity index (χ1) is 9.92. The molecule has 0 atom stereocenters. The van der Waals surface area contributed by atoms with Crippen molar-refractivity contribution < 1.29 is 27.1 Å². The van der Waals surface area contributed by atoms with Crippen LogP contribution in [0.2, 0.25) is 0 Å². The number of carbonyl (C=O) groups excluding carboxylic acids is 1. The summed E-state index contributed by atoms with van der Waals surface area (Å²) in [7, 11) is 1.23. The highest BCUT2D eigenvalue weighted by molar-refractivity contribution is 5.98. The molecule has 2 aromatic rings. The van der Waals surface area contributed by atoms with Gasteiger partial charge < -0.3 is 4.74 Å². The normalized spacial score (nSPS) is 10.5. The summed E-state index contributed by atoms with van der Waals surface area (Å²) in [5.41, 5.74) is -0.921. The Kier molecular flexibility index (Phi) is 4.26. The Labute approximate surface area is 118 Å². The molecule has 0 aliphatic rings. The average molecular weight is 298 g/mol. The van der Waals surface area contributed by atoms with Crippen LogP contribution in [-0.4, -0.2) is 12.9 Å². The van der Waals surface area contributed by atoms with Crippen LogP contribution < -0.4 is 4.74 Å². The van der Waals surface area contributed by atoms with E-state index < -0.39 is 41.0 Å². The second-order valence-electron chi connectivity index (χ2n) is 4.30. The summed E-state index contributed by atoms with van der Waals surface area (Å²) >= 11 is 0. The summed E-state index contributed by atoms with van der Waals surface area (Å²) in [6.45, 7) is 0. The van der Waals surface area contributed by atoms with Gasteiger partial charge in [0.15, 0.2) is 5.78 Å². The zero-order valence-corrected chi connectivity index (χ0v) is 10.9. The molecule has 0 spiro atoms. The second kappa shape index (κ2) is 5.95. The third kappa shape index (κ3) is 3.21. The van der Waals surface area contributed by atoms with Crippen LogP contribution in [0, 0.1) is 23.3 Å². The predicted octanol–water partition coefficient (Wildman–Crippen LogP) is 3.68. The summed E-state index contributed by atoms with van der Waals surface area (Å²) in [5, 5.41) is 0. The number of benzene rings is 2. The zero-order valence-electron chi connectivity index (χ0n) is 10.9. The molecule has 0 heterocycles. The van der Waals surface area contributed by atoms with Crippen molar-refractivity contribution in [1.82, 2.24) is 0 Å². The third-order valence-electron chi connectivity index (χ3n) is 2.90. The maximum atomic E-state index is 13.7. The number of rotatable bonds is 4. The number of ether oxygens (including phenoxy) is 1. The molecule has 0 aliphatic heterocycles. The molecular formula is C15H10F4O2. The quantitative estimate of drug-likeness (QED) is 0.636. The summed E-state index contributed by atoms with van der Waals surface area (Å²) in [5.74, 6) is -4.96. The number of halogens is 4. The molecule has 21 heavy (non-hydrogen) atoms. The SMILES string of the molecule is COc1cc(F)c(C(=O)Cc2ccc(F)cc2F)c(F)c1. The molecule has 0 amide bonds. The second-order valence-corrected chi connectivity index (χ2v) is 4.30. The highest BCUT2D eigenvalue weighted by Gasteiger charge is 2.20. The van der Waals surface area contributed by atoms with Crippen molar-refractivity contribution in [2.75, 3.05) is 7.11 Å². The molecule has 110 valence electrons. The standard InChI is InChI=1S/C15H10F4O2/c1-21-10-6-12(18)15(13(19)7-10)14(20)4-8-2-3-9(16)5-11(8)17/h2-3,5-7H,4H2,1H3. The maximum absolute atomic E-state index is 13.7. The van der Waals surface area contributed by atoms with E-state index in [2.05, 4.69) is 4.74 Å². The first-order valence-corrected chi connectivity index (χ1v) is 5.92. The van der Waals surface area contributed by atoms with Gasteiger partial charge in [-0.1, -0.05) is 6.07 Å². The van der Waals surface area contributed by atoms with E-state index in [0.717, 1.165) is 24.3 Å². The van der Waals surface area contributed by atoms with Crippen molar-refractivity contribution in [2.45, 2.75) is 6.42 Å².